The number of amides is 1. The van der Waals surface area contributed by atoms with Crippen molar-refractivity contribution >= 4 is 5.91 Å². The lowest BCUT2D eigenvalue weighted by molar-refractivity contribution is -0.135. The van der Waals surface area contributed by atoms with Crippen LogP contribution in [0.3, 0.4) is 0 Å². The Morgan fingerprint density at radius 1 is 1.33 bits per heavy atom. The van der Waals surface area contributed by atoms with Crippen LogP contribution in [0.1, 0.15) is 26.2 Å². The predicted octanol–water partition coefficient (Wildman–Crippen LogP) is 0.409. The zero-order valence-corrected chi connectivity index (χ0v) is 13.0. The number of likely N-dealkylation sites (tertiary alicyclic amines) is 1. The van der Waals surface area contributed by atoms with Gasteiger partial charge in [0.15, 0.2) is 0 Å². The Labute approximate surface area is 127 Å². The van der Waals surface area contributed by atoms with Crippen molar-refractivity contribution in [2.75, 3.05) is 52.7 Å². The van der Waals surface area contributed by atoms with E-state index in [1.54, 1.807) is 0 Å². The zero-order valence-electron chi connectivity index (χ0n) is 13.0. The summed E-state index contributed by atoms with van der Waals surface area (Å²) in [6.45, 7) is 7.84. The van der Waals surface area contributed by atoms with Crippen molar-refractivity contribution in [2.45, 2.75) is 38.3 Å². The number of nitrogens with zero attached hydrogens (tertiary/aromatic N) is 1. The SMILES string of the molecule is CCOCCOC1CCN(C(=O)CC2COCCN2)CC1. The van der Waals surface area contributed by atoms with Crippen molar-refractivity contribution in [2.24, 2.45) is 0 Å². The van der Waals surface area contributed by atoms with Gasteiger partial charge >= 0.3 is 0 Å². The molecular formula is C15H28N2O4. The number of rotatable bonds is 7. The minimum atomic E-state index is 0.173. The highest BCUT2D eigenvalue weighted by Gasteiger charge is 2.25. The number of hydrogen-bond acceptors (Lipinski definition) is 5. The first-order valence-electron chi connectivity index (χ1n) is 8.08. The van der Waals surface area contributed by atoms with Gasteiger partial charge in [-0.25, -0.2) is 0 Å². The smallest absolute Gasteiger partial charge is 0.224 e. The molecule has 1 N–H and O–H groups in total. The molecule has 2 saturated heterocycles. The van der Waals surface area contributed by atoms with Gasteiger partial charge in [-0.3, -0.25) is 4.79 Å². The molecule has 6 nitrogen and oxygen atoms in total. The molecule has 0 radical (unpaired) electrons. The number of morpholine rings is 1. The molecule has 6 heteroatoms. The molecule has 2 rings (SSSR count). The minimum absolute atomic E-state index is 0.173. The van der Waals surface area contributed by atoms with Crippen LogP contribution in [0.5, 0.6) is 0 Å². The third-order valence-corrected chi connectivity index (χ3v) is 4.00. The molecule has 122 valence electrons. The summed E-state index contributed by atoms with van der Waals surface area (Å²) in [5, 5.41) is 3.33. The monoisotopic (exact) mass is 300 g/mol. The Balaban J connectivity index is 1.60. The Hall–Kier alpha value is -0.690. The third-order valence-electron chi connectivity index (χ3n) is 4.00. The molecule has 0 saturated carbocycles. The van der Waals surface area contributed by atoms with Gasteiger partial charge in [-0.15, -0.1) is 0 Å². The van der Waals surface area contributed by atoms with E-state index in [0.29, 0.717) is 26.2 Å². The maximum absolute atomic E-state index is 12.2. The number of carbonyl (C=O) groups excluding carboxylic acids is 1. The van der Waals surface area contributed by atoms with E-state index >= 15 is 0 Å². The summed E-state index contributed by atoms with van der Waals surface area (Å²) in [6.07, 6.45) is 2.65. The number of piperidine rings is 1. The first-order valence-corrected chi connectivity index (χ1v) is 8.08. The van der Waals surface area contributed by atoms with Gasteiger partial charge in [-0.2, -0.15) is 0 Å². The molecule has 0 aromatic rings. The lowest BCUT2D eigenvalue weighted by Gasteiger charge is -2.33. The van der Waals surface area contributed by atoms with Crippen LogP contribution in [0.25, 0.3) is 0 Å². The minimum Gasteiger partial charge on any atom is -0.379 e. The summed E-state index contributed by atoms with van der Waals surface area (Å²) < 4.78 is 16.4. The molecule has 0 aromatic carbocycles. The second-order valence-electron chi connectivity index (χ2n) is 5.58. The molecule has 1 amide bonds. The Bertz CT molecular complexity index is 300. The second-order valence-corrected chi connectivity index (χ2v) is 5.58. The van der Waals surface area contributed by atoms with Crippen LogP contribution in [0.15, 0.2) is 0 Å². The molecule has 2 aliphatic rings. The molecule has 1 unspecified atom stereocenters. The summed E-state index contributed by atoms with van der Waals surface area (Å²) in [5.41, 5.74) is 0. The van der Waals surface area contributed by atoms with Crippen LogP contribution >= 0.6 is 0 Å². The quantitative estimate of drug-likeness (QED) is 0.690. The van der Waals surface area contributed by atoms with E-state index in [-0.39, 0.29) is 18.1 Å². The van der Waals surface area contributed by atoms with Crippen LogP contribution in [0.4, 0.5) is 0 Å². The Morgan fingerprint density at radius 3 is 2.81 bits per heavy atom. The lowest BCUT2D eigenvalue weighted by Crippen LogP contribution is -2.47. The molecule has 0 aromatic heterocycles. The zero-order chi connectivity index (χ0) is 14.9. The first-order chi connectivity index (χ1) is 10.3. The molecular weight excluding hydrogens is 272 g/mol. The van der Waals surface area contributed by atoms with Crippen molar-refractivity contribution in [1.29, 1.82) is 0 Å². The average molecular weight is 300 g/mol. The molecule has 0 aliphatic carbocycles. The van der Waals surface area contributed by atoms with Crippen molar-refractivity contribution in [3.63, 3.8) is 0 Å². The van der Waals surface area contributed by atoms with E-state index in [4.69, 9.17) is 14.2 Å². The molecule has 21 heavy (non-hydrogen) atoms. The van der Waals surface area contributed by atoms with Gasteiger partial charge in [0.1, 0.15) is 0 Å². The van der Waals surface area contributed by atoms with Crippen molar-refractivity contribution in [1.82, 2.24) is 10.2 Å². The van der Waals surface area contributed by atoms with Crippen LogP contribution in [-0.2, 0) is 19.0 Å². The van der Waals surface area contributed by atoms with E-state index < -0.39 is 0 Å². The van der Waals surface area contributed by atoms with Gasteiger partial charge in [0.2, 0.25) is 5.91 Å². The predicted molar refractivity (Wildman–Crippen MR) is 79.3 cm³/mol. The lowest BCUT2D eigenvalue weighted by atomic mass is 10.1. The summed E-state index contributed by atoms with van der Waals surface area (Å²) in [7, 11) is 0. The Kier molecular flexibility index (Phi) is 7.43. The highest BCUT2D eigenvalue weighted by atomic mass is 16.5. The first kappa shape index (κ1) is 16.7. The maximum atomic E-state index is 12.2. The second kappa shape index (κ2) is 9.35. The van der Waals surface area contributed by atoms with E-state index in [9.17, 15) is 4.79 Å². The molecule has 0 spiro atoms. The maximum Gasteiger partial charge on any atom is 0.224 e. The third kappa shape index (κ3) is 5.90. The standard InChI is InChI=1S/C15H28N2O4/c1-2-19-9-10-21-14-3-6-17(7-4-14)15(18)11-13-12-20-8-5-16-13/h13-14,16H,2-12H2,1H3. The summed E-state index contributed by atoms with van der Waals surface area (Å²) >= 11 is 0. The van der Waals surface area contributed by atoms with E-state index in [1.807, 2.05) is 11.8 Å². The summed E-state index contributed by atoms with van der Waals surface area (Å²) in [5.74, 6) is 0.228. The van der Waals surface area contributed by atoms with Gasteiger partial charge < -0.3 is 24.4 Å². The summed E-state index contributed by atoms with van der Waals surface area (Å²) in [4.78, 5) is 14.2. The normalized spacial score (nSPS) is 24.2. The number of nitrogens with one attached hydrogen (secondary N) is 1. The van der Waals surface area contributed by atoms with Crippen molar-refractivity contribution < 1.29 is 19.0 Å². The Morgan fingerprint density at radius 2 is 2.14 bits per heavy atom. The fraction of sp³-hybridized carbons (Fsp3) is 0.933. The van der Waals surface area contributed by atoms with Crippen molar-refractivity contribution in [3.8, 4) is 0 Å². The van der Waals surface area contributed by atoms with E-state index in [0.717, 1.165) is 45.7 Å². The van der Waals surface area contributed by atoms with Gasteiger partial charge in [-0.1, -0.05) is 0 Å². The molecule has 2 heterocycles. The van der Waals surface area contributed by atoms with Crippen LogP contribution in [0, 0.1) is 0 Å². The fourth-order valence-corrected chi connectivity index (χ4v) is 2.78. The molecule has 0 bridgehead atoms. The van der Waals surface area contributed by atoms with Gasteiger partial charge in [0.25, 0.3) is 0 Å². The highest BCUT2D eigenvalue weighted by Crippen LogP contribution is 2.15. The largest absolute Gasteiger partial charge is 0.379 e. The van der Waals surface area contributed by atoms with Gasteiger partial charge in [-0.05, 0) is 19.8 Å². The number of carbonyl (C=O) groups is 1. The van der Waals surface area contributed by atoms with Crippen LogP contribution in [-0.4, -0.2) is 75.6 Å². The van der Waals surface area contributed by atoms with Crippen LogP contribution in [0.2, 0.25) is 0 Å². The van der Waals surface area contributed by atoms with E-state index in [2.05, 4.69) is 5.32 Å². The number of hydrogen-bond donors (Lipinski definition) is 1. The van der Waals surface area contributed by atoms with Gasteiger partial charge in [0.05, 0.1) is 32.5 Å². The molecule has 2 fully saturated rings. The average Bonchev–Trinajstić information content (AvgIpc) is 2.53. The highest BCUT2D eigenvalue weighted by molar-refractivity contribution is 5.77. The summed E-state index contributed by atoms with van der Waals surface area (Å²) in [6, 6.07) is 0.173. The molecule has 2 aliphatic heterocycles. The fourth-order valence-electron chi connectivity index (χ4n) is 2.78. The van der Waals surface area contributed by atoms with Crippen LogP contribution < -0.4 is 5.32 Å². The molecule has 1 atom stereocenters. The topological polar surface area (TPSA) is 60.0 Å². The van der Waals surface area contributed by atoms with Gasteiger partial charge in [0, 0.05) is 38.7 Å². The van der Waals surface area contributed by atoms with Crippen molar-refractivity contribution in [3.05, 3.63) is 0 Å². The van der Waals surface area contributed by atoms with E-state index in [1.165, 1.54) is 0 Å². The number of ether oxygens (including phenoxy) is 3.